The molecule has 1 aliphatic heterocycles. The molecule has 0 radical (unpaired) electrons. The Morgan fingerprint density at radius 2 is 0.948 bits per heavy atom. The second kappa shape index (κ2) is 40.0. The van der Waals surface area contributed by atoms with Crippen LogP contribution in [0.4, 0.5) is 0 Å². The van der Waals surface area contributed by atoms with E-state index in [4.69, 9.17) is 9.47 Å². The maximum absolute atomic E-state index is 13.0. The number of hydrogen-bond acceptors (Lipinski definition) is 8. The van der Waals surface area contributed by atoms with Gasteiger partial charge < -0.3 is 40.3 Å². The molecule has 6 N–H and O–H groups in total. The summed E-state index contributed by atoms with van der Waals surface area (Å²) in [5.74, 6) is -0.174. The van der Waals surface area contributed by atoms with Crippen LogP contribution in [0.3, 0.4) is 0 Å². The van der Waals surface area contributed by atoms with Gasteiger partial charge in [0.15, 0.2) is 6.29 Å². The van der Waals surface area contributed by atoms with E-state index < -0.39 is 49.5 Å². The highest BCUT2D eigenvalue weighted by Crippen LogP contribution is 2.23. The van der Waals surface area contributed by atoms with Crippen LogP contribution in [0.25, 0.3) is 0 Å². The lowest BCUT2D eigenvalue weighted by atomic mass is 9.99. The van der Waals surface area contributed by atoms with Gasteiger partial charge in [-0.1, -0.05) is 225 Å². The minimum atomic E-state index is -1.56. The number of hydrogen-bond donors (Lipinski definition) is 6. The first-order valence-corrected chi connectivity index (χ1v) is 24.9. The summed E-state index contributed by atoms with van der Waals surface area (Å²) in [6.45, 7) is 3.78. The van der Waals surface area contributed by atoms with Gasteiger partial charge in [0.2, 0.25) is 5.91 Å². The molecule has 7 atom stereocenters. The molecular weight excluding hydrogens is 731 g/mol. The van der Waals surface area contributed by atoms with Crippen LogP contribution < -0.4 is 5.32 Å². The van der Waals surface area contributed by atoms with Gasteiger partial charge in [0.1, 0.15) is 24.4 Å². The standard InChI is InChI=1S/C49H95NO8/c1-3-5-7-9-11-13-15-16-17-18-19-20-21-22-23-24-25-26-27-29-31-33-35-37-39-45(53)50-42(41-57-49-48(56)47(55)46(54)44(40-51)58-49)43(52)38-36-34-32-30-28-14-12-10-8-6-4-2/h36,38,42-44,46-49,51-52,54-56H,3-35,37,39-41H2,1-2H3,(H,50,53)/b38-36+/t42-,43+,44+,46+,47?,48?,49+/m0/s1. The van der Waals surface area contributed by atoms with Gasteiger partial charge in [-0.25, -0.2) is 0 Å². The second-order valence-corrected chi connectivity index (χ2v) is 17.6. The zero-order chi connectivity index (χ0) is 42.3. The number of allylic oxidation sites excluding steroid dienone is 1. The van der Waals surface area contributed by atoms with Crippen molar-refractivity contribution in [3.05, 3.63) is 12.2 Å². The fourth-order valence-corrected chi connectivity index (χ4v) is 8.10. The molecule has 0 bridgehead atoms. The molecule has 9 heteroatoms. The predicted octanol–water partition coefficient (Wildman–Crippen LogP) is 10.9. The molecule has 1 fully saturated rings. The molecule has 1 rings (SSSR count). The summed E-state index contributed by atoms with van der Waals surface area (Å²) in [6.07, 6.45) is 39.9. The van der Waals surface area contributed by atoms with E-state index in [0.717, 1.165) is 38.5 Å². The lowest BCUT2D eigenvalue weighted by Crippen LogP contribution is -2.60. The third-order valence-electron chi connectivity index (χ3n) is 12.1. The molecule has 1 saturated heterocycles. The van der Waals surface area contributed by atoms with Gasteiger partial charge in [0, 0.05) is 6.42 Å². The van der Waals surface area contributed by atoms with Gasteiger partial charge in [0.25, 0.3) is 0 Å². The van der Waals surface area contributed by atoms with Crippen LogP contribution in [-0.4, -0.2) is 87.5 Å². The molecule has 0 aromatic heterocycles. The minimum absolute atomic E-state index is 0.174. The van der Waals surface area contributed by atoms with Crippen molar-refractivity contribution in [3.63, 3.8) is 0 Å². The summed E-state index contributed by atoms with van der Waals surface area (Å²) in [5.41, 5.74) is 0. The number of rotatable bonds is 42. The minimum Gasteiger partial charge on any atom is -0.394 e. The Morgan fingerprint density at radius 3 is 1.34 bits per heavy atom. The molecular formula is C49H95NO8. The van der Waals surface area contributed by atoms with Gasteiger partial charge in [-0.3, -0.25) is 4.79 Å². The fraction of sp³-hybridized carbons (Fsp3) is 0.939. The van der Waals surface area contributed by atoms with Crippen LogP contribution in [0.15, 0.2) is 12.2 Å². The van der Waals surface area contributed by atoms with Crippen molar-refractivity contribution in [2.75, 3.05) is 13.2 Å². The van der Waals surface area contributed by atoms with Crippen molar-refractivity contribution in [1.82, 2.24) is 5.32 Å². The van der Waals surface area contributed by atoms with Crippen LogP contribution in [0.1, 0.15) is 239 Å². The summed E-state index contributed by atoms with van der Waals surface area (Å²) in [7, 11) is 0. The zero-order valence-corrected chi connectivity index (χ0v) is 37.8. The van der Waals surface area contributed by atoms with E-state index in [1.54, 1.807) is 6.08 Å². The average molecular weight is 826 g/mol. The van der Waals surface area contributed by atoms with Gasteiger partial charge in [0.05, 0.1) is 25.4 Å². The number of ether oxygens (including phenoxy) is 2. The first-order valence-electron chi connectivity index (χ1n) is 24.9. The molecule has 0 aromatic carbocycles. The Bertz CT molecular complexity index is 919. The Balaban J connectivity index is 2.21. The van der Waals surface area contributed by atoms with E-state index in [9.17, 15) is 30.3 Å². The van der Waals surface area contributed by atoms with Crippen LogP contribution in [0, 0.1) is 0 Å². The average Bonchev–Trinajstić information content (AvgIpc) is 3.22. The Morgan fingerprint density at radius 1 is 0.569 bits per heavy atom. The highest BCUT2D eigenvalue weighted by Gasteiger charge is 2.44. The van der Waals surface area contributed by atoms with Crippen molar-refractivity contribution >= 4 is 5.91 Å². The van der Waals surface area contributed by atoms with Crippen LogP contribution in [0.5, 0.6) is 0 Å². The summed E-state index contributed by atoms with van der Waals surface area (Å²) in [6, 6.07) is -0.798. The Kier molecular flexibility index (Phi) is 37.9. The first kappa shape index (κ1) is 54.9. The topological polar surface area (TPSA) is 149 Å². The summed E-state index contributed by atoms with van der Waals surface area (Å²) >= 11 is 0. The fourth-order valence-electron chi connectivity index (χ4n) is 8.10. The van der Waals surface area contributed by atoms with E-state index in [0.29, 0.717) is 6.42 Å². The lowest BCUT2D eigenvalue weighted by molar-refractivity contribution is -0.302. The van der Waals surface area contributed by atoms with Crippen molar-refractivity contribution in [3.8, 4) is 0 Å². The Hall–Kier alpha value is -1.07. The summed E-state index contributed by atoms with van der Waals surface area (Å²) < 4.78 is 11.2. The number of carbonyl (C=O) groups is 1. The van der Waals surface area contributed by atoms with Crippen molar-refractivity contribution in [2.24, 2.45) is 0 Å². The molecule has 1 heterocycles. The van der Waals surface area contributed by atoms with E-state index in [2.05, 4.69) is 19.2 Å². The van der Waals surface area contributed by atoms with E-state index >= 15 is 0 Å². The number of aliphatic hydroxyl groups excluding tert-OH is 5. The molecule has 344 valence electrons. The third-order valence-corrected chi connectivity index (χ3v) is 12.1. The van der Waals surface area contributed by atoms with Gasteiger partial charge in [-0.2, -0.15) is 0 Å². The monoisotopic (exact) mass is 826 g/mol. The summed E-state index contributed by atoms with van der Waals surface area (Å²) in [5, 5.41) is 54.2. The van der Waals surface area contributed by atoms with Crippen LogP contribution >= 0.6 is 0 Å². The van der Waals surface area contributed by atoms with Gasteiger partial charge >= 0.3 is 0 Å². The molecule has 0 spiro atoms. The second-order valence-electron chi connectivity index (χ2n) is 17.6. The molecule has 0 saturated carbocycles. The highest BCUT2D eigenvalue weighted by atomic mass is 16.7. The normalized spacial score (nSPS) is 20.8. The molecule has 2 unspecified atom stereocenters. The number of aliphatic hydroxyl groups is 5. The number of carbonyl (C=O) groups excluding carboxylic acids is 1. The number of amides is 1. The van der Waals surface area contributed by atoms with E-state index in [1.807, 2.05) is 6.08 Å². The quantitative estimate of drug-likeness (QED) is 0.0263. The molecule has 0 aromatic rings. The SMILES string of the molecule is CCCCCCCCCCC/C=C/[C@@H](O)[C@H](CO[C@@H]1O[C@H](CO)[C@@H](O)C(O)C1O)NC(=O)CCCCCCCCCCCCCCCCCCCCCCCCCC. The van der Waals surface area contributed by atoms with Crippen molar-refractivity contribution in [1.29, 1.82) is 0 Å². The van der Waals surface area contributed by atoms with E-state index in [1.165, 1.54) is 180 Å². The largest absolute Gasteiger partial charge is 0.394 e. The number of nitrogens with one attached hydrogen (secondary N) is 1. The first-order chi connectivity index (χ1) is 28.3. The predicted molar refractivity (Wildman–Crippen MR) is 240 cm³/mol. The maximum Gasteiger partial charge on any atom is 0.220 e. The highest BCUT2D eigenvalue weighted by molar-refractivity contribution is 5.76. The number of unbranched alkanes of at least 4 members (excludes halogenated alkanes) is 32. The van der Waals surface area contributed by atoms with Crippen LogP contribution in [0.2, 0.25) is 0 Å². The Labute approximate surface area is 356 Å². The van der Waals surface area contributed by atoms with E-state index in [-0.39, 0.29) is 12.5 Å². The summed E-state index contributed by atoms with van der Waals surface area (Å²) in [4.78, 5) is 13.0. The lowest BCUT2D eigenvalue weighted by Gasteiger charge is -2.40. The molecule has 1 aliphatic rings. The molecule has 0 aliphatic carbocycles. The smallest absolute Gasteiger partial charge is 0.220 e. The zero-order valence-electron chi connectivity index (χ0n) is 37.8. The van der Waals surface area contributed by atoms with Crippen LogP contribution in [-0.2, 0) is 14.3 Å². The van der Waals surface area contributed by atoms with Gasteiger partial charge in [-0.05, 0) is 19.3 Å². The molecule has 9 nitrogen and oxygen atoms in total. The molecule has 1 amide bonds. The third kappa shape index (κ3) is 30.0. The van der Waals surface area contributed by atoms with Gasteiger partial charge in [-0.15, -0.1) is 0 Å². The van der Waals surface area contributed by atoms with Crippen molar-refractivity contribution in [2.45, 2.75) is 281 Å². The van der Waals surface area contributed by atoms with Crippen molar-refractivity contribution < 1.29 is 39.8 Å². The maximum atomic E-state index is 13.0. The molecule has 58 heavy (non-hydrogen) atoms.